The number of carbonyl (C=O) groups excluding carboxylic acids is 2. The lowest BCUT2D eigenvalue weighted by molar-refractivity contribution is -0.139. The minimum atomic E-state index is -0.509. The monoisotopic (exact) mass is 342 g/mol. The van der Waals surface area contributed by atoms with Gasteiger partial charge in [0.15, 0.2) is 0 Å². The van der Waals surface area contributed by atoms with E-state index in [-0.39, 0.29) is 18.3 Å². The minimum absolute atomic E-state index is 0.0542. The normalized spacial score (nSPS) is 11.5. The van der Waals surface area contributed by atoms with Crippen molar-refractivity contribution in [2.24, 2.45) is 0 Å². The summed E-state index contributed by atoms with van der Waals surface area (Å²) in [6, 6.07) is 10.9. The van der Waals surface area contributed by atoms with Gasteiger partial charge in [0, 0.05) is 26.7 Å². The second kappa shape index (κ2) is 8.77. The Labute approximate surface area is 147 Å². The van der Waals surface area contributed by atoms with Crippen LogP contribution in [-0.4, -0.2) is 54.0 Å². The summed E-state index contributed by atoms with van der Waals surface area (Å²) in [5.74, 6) is -0.154. The Kier molecular flexibility index (Phi) is 6.45. The predicted molar refractivity (Wildman–Crippen MR) is 94.0 cm³/mol. The highest BCUT2D eigenvalue weighted by Gasteiger charge is 2.21. The molecule has 25 heavy (non-hydrogen) atoms. The third-order valence-corrected chi connectivity index (χ3v) is 3.59. The predicted octanol–water partition coefficient (Wildman–Crippen LogP) is 1.30. The SMILES string of the molecule is COC(=O)Cc1ccnc(N[C@@H](Cc2ccccc2)C(=O)N(C)C)n1. The van der Waals surface area contributed by atoms with Gasteiger partial charge in [-0.15, -0.1) is 0 Å². The van der Waals surface area contributed by atoms with E-state index >= 15 is 0 Å². The maximum atomic E-state index is 12.5. The van der Waals surface area contributed by atoms with Gasteiger partial charge in [0.25, 0.3) is 0 Å². The maximum Gasteiger partial charge on any atom is 0.311 e. The van der Waals surface area contributed by atoms with Gasteiger partial charge >= 0.3 is 5.97 Å². The van der Waals surface area contributed by atoms with E-state index in [9.17, 15) is 9.59 Å². The first-order valence-corrected chi connectivity index (χ1v) is 7.90. The molecule has 0 bridgehead atoms. The quantitative estimate of drug-likeness (QED) is 0.764. The summed E-state index contributed by atoms with van der Waals surface area (Å²) in [5, 5.41) is 3.07. The van der Waals surface area contributed by atoms with Crippen LogP contribution >= 0.6 is 0 Å². The number of ether oxygens (including phenoxy) is 1. The molecule has 132 valence electrons. The van der Waals surface area contributed by atoms with Crippen molar-refractivity contribution in [2.45, 2.75) is 18.9 Å². The van der Waals surface area contributed by atoms with Crippen molar-refractivity contribution in [3.63, 3.8) is 0 Å². The fourth-order valence-corrected chi connectivity index (χ4v) is 2.30. The van der Waals surface area contributed by atoms with E-state index < -0.39 is 6.04 Å². The number of carbonyl (C=O) groups is 2. The molecule has 0 saturated carbocycles. The number of aromatic nitrogens is 2. The van der Waals surface area contributed by atoms with Crippen LogP contribution < -0.4 is 5.32 Å². The number of rotatable bonds is 7. The van der Waals surface area contributed by atoms with Crippen LogP contribution in [0.4, 0.5) is 5.95 Å². The molecule has 0 aliphatic carbocycles. The number of amides is 1. The van der Waals surface area contributed by atoms with E-state index in [0.29, 0.717) is 18.1 Å². The lowest BCUT2D eigenvalue weighted by Gasteiger charge is -2.22. The molecule has 2 rings (SSSR count). The van der Waals surface area contributed by atoms with Crippen LogP contribution in [0.1, 0.15) is 11.3 Å². The highest BCUT2D eigenvalue weighted by molar-refractivity contribution is 5.84. The summed E-state index contributed by atoms with van der Waals surface area (Å²) in [6.07, 6.45) is 2.11. The number of anilines is 1. The lowest BCUT2D eigenvalue weighted by Crippen LogP contribution is -2.40. The van der Waals surface area contributed by atoms with E-state index in [0.717, 1.165) is 5.56 Å². The second-order valence-corrected chi connectivity index (χ2v) is 5.74. The fraction of sp³-hybridized carbons (Fsp3) is 0.333. The first-order valence-electron chi connectivity index (χ1n) is 7.90. The van der Waals surface area contributed by atoms with Gasteiger partial charge in [-0.2, -0.15) is 0 Å². The first kappa shape index (κ1) is 18.4. The number of esters is 1. The van der Waals surface area contributed by atoms with Gasteiger partial charge in [0.1, 0.15) is 6.04 Å². The molecule has 1 atom stereocenters. The molecule has 0 spiro atoms. The van der Waals surface area contributed by atoms with Gasteiger partial charge in [0.2, 0.25) is 11.9 Å². The third-order valence-electron chi connectivity index (χ3n) is 3.59. The molecule has 0 radical (unpaired) electrons. The first-order chi connectivity index (χ1) is 12.0. The van der Waals surface area contributed by atoms with Gasteiger partial charge in [0.05, 0.1) is 19.2 Å². The number of hydrogen-bond acceptors (Lipinski definition) is 6. The molecule has 7 nitrogen and oxygen atoms in total. The van der Waals surface area contributed by atoms with Crippen molar-refractivity contribution < 1.29 is 14.3 Å². The number of benzene rings is 1. The zero-order valence-corrected chi connectivity index (χ0v) is 14.6. The van der Waals surface area contributed by atoms with Crippen molar-refractivity contribution in [3.8, 4) is 0 Å². The van der Waals surface area contributed by atoms with Gasteiger partial charge in [-0.1, -0.05) is 30.3 Å². The molecular formula is C18H22N4O3. The number of likely N-dealkylation sites (N-methyl/N-ethyl adjacent to an activating group) is 1. The molecule has 0 unspecified atom stereocenters. The molecule has 1 aromatic heterocycles. The maximum absolute atomic E-state index is 12.5. The summed E-state index contributed by atoms with van der Waals surface area (Å²) in [6.45, 7) is 0. The van der Waals surface area contributed by atoms with Crippen LogP contribution in [0.15, 0.2) is 42.6 Å². The number of nitrogens with zero attached hydrogens (tertiary/aromatic N) is 3. The topological polar surface area (TPSA) is 84.4 Å². The smallest absolute Gasteiger partial charge is 0.311 e. The third kappa shape index (κ3) is 5.56. The molecule has 0 saturated heterocycles. The Hall–Kier alpha value is -2.96. The van der Waals surface area contributed by atoms with Crippen LogP contribution in [0.2, 0.25) is 0 Å². The van der Waals surface area contributed by atoms with Gasteiger partial charge < -0.3 is 15.0 Å². The largest absolute Gasteiger partial charge is 0.469 e. The highest BCUT2D eigenvalue weighted by atomic mass is 16.5. The summed E-state index contributed by atoms with van der Waals surface area (Å²) in [4.78, 5) is 33.9. The Bertz CT molecular complexity index is 719. The van der Waals surface area contributed by atoms with E-state index in [1.807, 2.05) is 30.3 Å². The number of nitrogens with one attached hydrogen (secondary N) is 1. The molecule has 1 N–H and O–H groups in total. The molecule has 0 fully saturated rings. The standard InChI is InChI=1S/C18H22N4O3/c1-22(2)17(24)15(11-13-7-5-4-6-8-13)21-18-19-10-9-14(20-18)12-16(23)25-3/h4-10,15H,11-12H2,1-3H3,(H,19,20,21)/t15-/m0/s1. The van der Waals surface area contributed by atoms with Crippen LogP contribution in [0.5, 0.6) is 0 Å². The molecule has 1 aromatic carbocycles. The van der Waals surface area contributed by atoms with Gasteiger partial charge in [-0.05, 0) is 11.6 Å². The zero-order valence-electron chi connectivity index (χ0n) is 14.6. The molecule has 1 amide bonds. The average molecular weight is 342 g/mol. The van der Waals surface area contributed by atoms with E-state index in [1.165, 1.54) is 12.0 Å². The Morgan fingerprint density at radius 1 is 1.20 bits per heavy atom. The van der Waals surface area contributed by atoms with Crippen LogP contribution in [0.25, 0.3) is 0 Å². The number of methoxy groups -OCH3 is 1. The van der Waals surface area contributed by atoms with Crippen molar-refractivity contribution in [1.29, 1.82) is 0 Å². The van der Waals surface area contributed by atoms with Gasteiger partial charge in [-0.3, -0.25) is 9.59 Å². The van der Waals surface area contributed by atoms with Crippen molar-refractivity contribution >= 4 is 17.8 Å². The Morgan fingerprint density at radius 2 is 1.92 bits per heavy atom. The van der Waals surface area contributed by atoms with Crippen LogP contribution in [0.3, 0.4) is 0 Å². The molecule has 7 heteroatoms. The summed E-state index contributed by atoms with van der Waals surface area (Å²) in [7, 11) is 4.74. The van der Waals surface area contributed by atoms with Crippen molar-refractivity contribution in [3.05, 3.63) is 53.9 Å². The minimum Gasteiger partial charge on any atom is -0.469 e. The van der Waals surface area contributed by atoms with E-state index in [4.69, 9.17) is 0 Å². The average Bonchev–Trinajstić information content (AvgIpc) is 2.61. The highest BCUT2D eigenvalue weighted by Crippen LogP contribution is 2.10. The summed E-state index contributed by atoms with van der Waals surface area (Å²) >= 11 is 0. The molecule has 1 heterocycles. The molecule has 2 aromatic rings. The lowest BCUT2D eigenvalue weighted by atomic mass is 10.1. The van der Waals surface area contributed by atoms with Crippen molar-refractivity contribution in [2.75, 3.05) is 26.5 Å². The van der Waals surface area contributed by atoms with E-state index in [2.05, 4.69) is 20.0 Å². The fourth-order valence-electron chi connectivity index (χ4n) is 2.30. The second-order valence-electron chi connectivity index (χ2n) is 5.74. The Balaban J connectivity index is 2.17. The van der Waals surface area contributed by atoms with Crippen LogP contribution in [0, 0.1) is 0 Å². The Morgan fingerprint density at radius 3 is 2.56 bits per heavy atom. The van der Waals surface area contributed by atoms with Gasteiger partial charge in [-0.25, -0.2) is 9.97 Å². The van der Waals surface area contributed by atoms with Crippen LogP contribution in [-0.2, 0) is 27.2 Å². The molecule has 0 aliphatic rings. The zero-order chi connectivity index (χ0) is 18.2. The molecular weight excluding hydrogens is 320 g/mol. The summed E-state index contributed by atoms with van der Waals surface area (Å²) in [5.41, 5.74) is 1.56. The molecule has 0 aliphatic heterocycles. The summed E-state index contributed by atoms with van der Waals surface area (Å²) < 4.78 is 4.64. The van der Waals surface area contributed by atoms with E-state index in [1.54, 1.807) is 26.4 Å². The van der Waals surface area contributed by atoms with Crippen molar-refractivity contribution in [1.82, 2.24) is 14.9 Å². The number of hydrogen-bond donors (Lipinski definition) is 1.